The van der Waals surface area contributed by atoms with Gasteiger partial charge >= 0.3 is 0 Å². The summed E-state index contributed by atoms with van der Waals surface area (Å²) in [6.45, 7) is 0. The largest absolute Gasteiger partial charge is 0.392 e. The second kappa shape index (κ2) is 5.37. The van der Waals surface area contributed by atoms with Crippen molar-refractivity contribution in [1.29, 1.82) is 0 Å². The van der Waals surface area contributed by atoms with Gasteiger partial charge in [0.05, 0.1) is 6.10 Å². The molecule has 82 valence electrons. The van der Waals surface area contributed by atoms with Crippen LogP contribution in [0.5, 0.6) is 0 Å². The van der Waals surface area contributed by atoms with Crippen molar-refractivity contribution in [3.63, 3.8) is 0 Å². The van der Waals surface area contributed by atoms with Crippen molar-refractivity contribution < 1.29 is 5.11 Å². The first-order valence-corrected chi connectivity index (χ1v) is 5.31. The normalized spacial score (nSPS) is 12.3. The molecule has 2 heterocycles. The van der Waals surface area contributed by atoms with E-state index in [0.29, 0.717) is 12.8 Å². The standard InChI is InChI=1S/C13H14N2O/c16-13(9-11-4-7-14-8-5-11)10-12-3-1-2-6-15-12/h1-8,13,16H,9-10H2. The molecule has 16 heavy (non-hydrogen) atoms. The molecule has 0 saturated heterocycles. The lowest BCUT2D eigenvalue weighted by molar-refractivity contribution is 0.174. The molecule has 0 bridgehead atoms. The van der Waals surface area contributed by atoms with Gasteiger partial charge in [-0.1, -0.05) is 6.07 Å². The summed E-state index contributed by atoms with van der Waals surface area (Å²) < 4.78 is 0. The van der Waals surface area contributed by atoms with Gasteiger partial charge in [-0.3, -0.25) is 9.97 Å². The van der Waals surface area contributed by atoms with Crippen molar-refractivity contribution in [2.24, 2.45) is 0 Å². The fraction of sp³-hybridized carbons (Fsp3) is 0.231. The minimum absolute atomic E-state index is 0.391. The Balaban J connectivity index is 1.92. The minimum Gasteiger partial charge on any atom is -0.392 e. The van der Waals surface area contributed by atoms with E-state index in [1.807, 2.05) is 30.3 Å². The Morgan fingerprint density at radius 2 is 1.81 bits per heavy atom. The number of aromatic nitrogens is 2. The van der Waals surface area contributed by atoms with Gasteiger partial charge in [-0.15, -0.1) is 0 Å². The molecule has 0 saturated carbocycles. The highest BCUT2D eigenvalue weighted by atomic mass is 16.3. The molecule has 0 radical (unpaired) electrons. The molecule has 0 fully saturated rings. The lowest BCUT2D eigenvalue weighted by Gasteiger charge is -2.09. The van der Waals surface area contributed by atoms with Gasteiger partial charge in [-0.05, 0) is 36.2 Å². The third kappa shape index (κ3) is 3.14. The third-order valence-electron chi connectivity index (χ3n) is 2.39. The molecule has 1 unspecified atom stereocenters. The average Bonchev–Trinajstić information content (AvgIpc) is 2.31. The van der Waals surface area contributed by atoms with Crippen LogP contribution >= 0.6 is 0 Å². The maximum atomic E-state index is 9.90. The Morgan fingerprint density at radius 3 is 2.50 bits per heavy atom. The van der Waals surface area contributed by atoms with Crippen LogP contribution in [0.15, 0.2) is 48.9 Å². The van der Waals surface area contributed by atoms with Crippen LogP contribution in [0.3, 0.4) is 0 Å². The number of pyridine rings is 2. The molecule has 2 rings (SSSR count). The van der Waals surface area contributed by atoms with Crippen molar-refractivity contribution in [3.05, 3.63) is 60.2 Å². The summed E-state index contributed by atoms with van der Waals surface area (Å²) in [4.78, 5) is 8.13. The Morgan fingerprint density at radius 1 is 1.00 bits per heavy atom. The topological polar surface area (TPSA) is 46.0 Å². The van der Waals surface area contributed by atoms with Crippen molar-refractivity contribution >= 4 is 0 Å². The predicted octanol–water partition coefficient (Wildman–Crippen LogP) is 1.62. The smallest absolute Gasteiger partial charge is 0.0635 e. The van der Waals surface area contributed by atoms with Crippen molar-refractivity contribution in [1.82, 2.24) is 9.97 Å². The van der Waals surface area contributed by atoms with E-state index in [1.54, 1.807) is 18.6 Å². The Bertz CT molecular complexity index is 375. The summed E-state index contributed by atoms with van der Waals surface area (Å²) in [7, 11) is 0. The molecule has 0 aliphatic heterocycles. The van der Waals surface area contributed by atoms with Crippen molar-refractivity contribution in [3.8, 4) is 0 Å². The molecule has 0 amide bonds. The minimum atomic E-state index is -0.391. The van der Waals surface area contributed by atoms with Crippen LogP contribution in [0, 0.1) is 0 Å². The molecular weight excluding hydrogens is 200 g/mol. The number of hydrogen-bond donors (Lipinski definition) is 1. The fourth-order valence-electron chi connectivity index (χ4n) is 1.62. The van der Waals surface area contributed by atoms with E-state index < -0.39 is 6.10 Å². The van der Waals surface area contributed by atoms with Crippen LogP contribution in [0.25, 0.3) is 0 Å². The highest BCUT2D eigenvalue weighted by Gasteiger charge is 2.07. The first kappa shape index (κ1) is 10.8. The molecule has 0 spiro atoms. The van der Waals surface area contributed by atoms with Crippen LogP contribution < -0.4 is 0 Å². The van der Waals surface area contributed by atoms with E-state index in [-0.39, 0.29) is 0 Å². The molecule has 0 aliphatic rings. The van der Waals surface area contributed by atoms with E-state index in [2.05, 4.69) is 9.97 Å². The number of aliphatic hydroxyl groups is 1. The Labute approximate surface area is 94.8 Å². The van der Waals surface area contributed by atoms with Crippen LogP contribution in [0.2, 0.25) is 0 Å². The van der Waals surface area contributed by atoms with E-state index in [4.69, 9.17) is 0 Å². The zero-order valence-electron chi connectivity index (χ0n) is 8.95. The number of nitrogens with zero attached hydrogens (tertiary/aromatic N) is 2. The lowest BCUT2D eigenvalue weighted by Crippen LogP contribution is -2.14. The third-order valence-corrected chi connectivity index (χ3v) is 2.39. The second-order valence-corrected chi connectivity index (χ2v) is 3.74. The van der Waals surface area contributed by atoms with Crippen LogP contribution in [0.1, 0.15) is 11.3 Å². The Kier molecular flexibility index (Phi) is 3.62. The van der Waals surface area contributed by atoms with Gasteiger partial charge in [-0.2, -0.15) is 0 Å². The molecule has 2 aromatic rings. The molecule has 1 N–H and O–H groups in total. The first-order valence-electron chi connectivity index (χ1n) is 5.31. The quantitative estimate of drug-likeness (QED) is 0.841. The van der Waals surface area contributed by atoms with Gasteiger partial charge in [0.25, 0.3) is 0 Å². The predicted molar refractivity (Wildman–Crippen MR) is 61.9 cm³/mol. The van der Waals surface area contributed by atoms with Gasteiger partial charge in [-0.25, -0.2) is 0 Å². The molecule has 3 heteroatoms. The Hall–Kier alpha value is -1.74. The number of aliphatic hydroxyl groups excluding tert-OH is 1. The molecule has 1 atom stereocenters. The molecule has 0 aliphatic carbocycles. The molecule has 0 aromatic carbocycles. The summed E-state index contributed by atoms with van der Waals surface area (Å²) in [5.41, 5.74) is 2.02. The van der Waals surface area contributed by atoms with Crippen molar-refractivity contribution in [2.75, 3.05) is 0 Å². The van der Waals surface area contributed by atoms with E-state index in [1.165, 1.54) is 0 Å². The maximum Gasteiger partial charge on any atom is 0.0635 e. The van der Waals surface area contributed by atoms with E-state index >= 15 is 0 Å². The highest BCUT2D eigenvalue weighted by molar-refractivity contribution is 5.12. The summed E-state index contributed by atoms with van der Waals surface area (Å²) in [6.07, 6.45) is 6.06. The van der Waals surface area contributed by atoms with Crippen LogP contribution in [0.4, 0.5) is 0 Å². The summed E-state index contributed by atoms with van der Waals surface area (Å²) >= 11 is 0. The number of rotatable bonds is 4. The maximum absolute atomic E-state index is 9.90. The van der Waals surface area contributed by atoms with Gasteiger partial charge in [0.15, 0.2) is 0 Å². The van der Waals surface area contributed by atoms with Gasteiger partial charge in [0, 0.05) is 30.7 Å². The summed E-state index contributed by atoms with van der Waals surface area (Å²) in [6, 6.07) is 9.57. The summed E-state index contributed by atoms with van der Waals surface area (Å²) in [5.74, 6) is 0. The van der Waals surface area contributed by atoms with E-state index in [9.17, 15) is 5.11 Å². The monoisotopic (exact) mass is 214 g/mol. The highest BCUT2D eigenvalue weighted by Crippen LogP contribution is 2.06. The molecule has 2 aromatic heterocycles. The zero-order valence-corrected chi connectivity index (χ0v) is 8.95. The van der Waals surface area contributed by atoms with Crippen molar-refractivity contribution in [2.45, 2.75) is 18.9 Å². The summed E-state index contributed by atoms with van der Waals surface area (Å²) in [5, 5.41) is 9.90. The van der Waals surface area contributed by atoms with Gasteiger partial charge in [0.2, 0.25) is 0 Å². The van der Waals surface area contributed by atoms with Gasteiger partial charge < -0.3 is 5.11 Å². The number of hydrogen-bond acceptors (Lipinski definition) is 3. The zero-order chi connectivity index (χ0) is 11.2. The van der Waals surface area contributed by atoms with Crippen LogP contribution in [-0.4, -0.2) is 21.2 Å². The van der Waals surface area contributed by atoms with Gasteiger partial charge in [0.1, 0.15) is 0 Å². The molecular formula is C13H14N2O. The van der Waals surface area contributed by atoms with Crippen LogP contribution in [-0.2, 0) is 12.8 Å². The average molecular weight is 214 g/mol. The fourth-order valence-corrected chi connectivity index (χ4v) is 1.62. The SMILES string of the molecule is OC(Cc1ccncc1)Cc1ccccn1. The lowest BCUT2D eigenvalue weighted by atomic mass is 10.1. The molecule has 3 nitrogen and oxygen atoms in total. The second-order valence-electron chi connectivity index (χ2n) is 3.74. The van der Waals surface area contributed by atoms with E-state index in [0.717, 1.165) is 11.3 Å². The first-order chi connectivity index (χ1) is 7.84.